The molecule has 5 nitrogen and oxygen atoms in total. The van der Waals surface area contributed by atoms with E-state index in [1.165, 1.54) is 0 Å². The van der Waals surface area contributed by atoms with Gasteiger partial charge in [-0.05, 0) is 24.5 Å². The largest absolute Gasteiger partial charge is 0.480 e. The molecule has 1 fully saturated rings. The maximum Gasteiger partial charge on any atom is 0.327 e. The molecule has 6 heteroatoms. The minimum absolute atomic E-state index is 0.0497. The number of amides is 2. The lowest BCUT2D eigenvalue weighted by molar-refractivity contribution is -0.141. The van der Waals surface area contributed by atoms with Gasteiger partial charge in [-0.2, -0.15) is 0 Å². The number of hydrogen-bond acceptors (Lipinski definition) is 3. The van der Waals surface area contributed by atoms with E-state index in [-0.39, 0.29) is 11.4 Å². The molecule has 21 heavy (non-hydrogen) atoms. The molecule has 3 rings (SSSR count). The average Bonchev–Trinajstić information content (AvgIpc) is 3.10. The van der Waals surface area contributed by atoms with Crippen molar-refractivity contribution in [3.05, 3.63) is 29.8 Å². The van der Waals surface area contributed by atoms with Gasteiger partial charge in [-0.3, -0.25) is 9.80 Å². The van der Waals surface area contributed by atoms with Crippen LogP contribution in [0.4, 0.5) is 10.5 Å². The molecule has 0 aromatic heterocycles. The van der Waals surface area contributed by atoms with Crippen molar-refractivity contribution in [3.63, 3.8) is 0 Å². The standard InChI is InChI=1S/C15H18N2O3S/c1-2-13-17(12(9-21-13)14(18)19)15(20)16-8-7-10-5-3-4-6-11(10)16/h3-6,12-13H,2,7-9H2,1H3,(H,18,19). The van der Waals surface area contributed by atoms with Crippen molar-refractivity contribution in [1.82, 2.24) is 4.90 Å². The monoisotopic (exact) mass is 306 g/mol. The zero-order valence-electron chi connectivity index (χ0n) is 11.9. The summed E-state index contributed by atoms with van der Waals surface area (Å²) in [5.74, 6) is -0.450. The van der Waals surface area contributed by atoms with Gasteiger partial charge >= 0.3 is 12.0 Å². The predicted molar refractivity (Wildman–Crippen MR) is 82.7 cm³/mol. The Morgan fingerprint density at radius 1 is 1.38 bits per heavy atom. The molecule has 0 aliphatic carbocycles. The van der Waals surface area contributed by atoms with Crippen molar-refractivity contribution in [3.8, 4) is 0 Å². The first-order valence-corrected chi connectivity index (χ1v) is 8.20. The Bertz CT molecular complexity index is 578. The van der Waals surface area contributed by atoms with Crippen LogP contribution in [0.2, 0.25) is 0 Å². The number of rotatable bonds is 2. The van der Waals surface area contributed by atoms with Gasteiger partial charge < -0.3 is 5.11 Å². The summed E-state index contributed by atoms with van der Waals surface area (Å²) in [6.45, 7) is 2.61. The Labute approximate surface area is 127 Å². The number of nitrogens with zero attached hydrogens (tertiary/aromatic N) is 2. The fourth-order valence-electron chi connectivity index (χ4n) is 3.00. The number of carboxylic acids is 1. The summed E-state index contributed by atoms with van der Waals surface area (Å²) in [4.78, 5) is 27.6. The average molecular weight is 306 g/mol. The molecule has 2 aliphatic rings. The first-order valence-electron chi connectivity index (χ1n) is 7.15. The van der Waals surface area contributed by atoms with Crippen molar-refractivity contribution in [2.45, 2.75) is 31.2 Å². The number of thioether (sulfide) groups is 1. The van der Waals surface area contributed by atoms with Crippen LogP contribution < -0.4 is 4.90 Å². The number of hydrogen-bond donors (Lipinski definition) is 1. The molecule has 0 bridgehead atoms. The van der Waals surface area contributed by atoms with Crippen LogP contribution in [0.15, 0.2) is 24.3 Å². The third-order valence-electron chi connectivity index (χ3n) is 4.07. The lowest BCUT2D eigenvalue weighted by Gasteiger charge is -2.31. The summed E-state index contributed by atoms with van der Waals surface area (Å²) < 4.78 is 0. The van der Waals surface area contributed by atoms with E-state index in [0.29, 0.717) is 12.3 Å². The maximum atomic E-state index is 12.9. The highest BCUT2D eigenvalue weighted by Crippen LogP contribution is 2.35. The summed E-state index contributed by atoms with van der Waals surface area (Å²) in [5.41, 5.74) is 2.07. The van der Waals surface area contributed by atoms with Crippen LogP contribution in [0.1, 0.15) is 18.9 Å². The van der Waals surface area contributed by atoms with Gasteiger partial charge in [0.05, 0.1) is 5.37 Å². The SMILES string of the molecule is CCC1SCC(C(=O)O)N1C(=O)N1CCc2ccccc21. The number of fused-ring (bicyclic) bond motifs is 1. The third-order valence-corrected chi connectivity index (χ3v) is 5.52. The Morgan fingerprint density at radius 3 is 2.86 bits per heavy atom. The van der Waals surface area contributed by atoms with E-state index < -0.39 is 12.0 Å². The molecule has 0 spiro atoms. The number of benzene rings is 1. The molecular weight excluding hydrogens is 288 g/mol. The second kappa shape index (κ2) is 5.60. The number of urea groups is 1. The van der Waals surface area contributed by atoms with Crippen molar-refractivity contribution >= 4 is 29.4 Å². The Kier molecular flexibility index (Phi) is 3.80. The molecule has 0 saturated carbocycles. The van der Waals surface area contributed by atoms with E-state index in [2.05, 4.69) is 0 Å². The van der Waals surface area contributed by atoms with Crippen molar-refractivity contribution in [1.29, 1.82) is 0 Å². The quantitative estimate of drug-likeness (QED) is 0.911. The zero-order chi connectivity index (χ0) is 15.0. The highest BCUT2D eigenvalue weighted by atomic mass is 32.2. The lowest BCUT2D eigenvalue weighted by Crippen LogP contribution is -2.51. The summed E-state index contributed by atoms with van der Waals surface area (Å²) >= 11 is 1.55. The van der Waals surface area contributed by atoms with E-state index in [9.17, 15) is 14.7 Å². The van der Waals surface area contributed by atoms with Gasteiger partial charge in [0.15, 0.2) is 0 Å². The minimum atomic E-state index is -0.917. The van der Waals surface area contributed by atoms with Crippen LogP contribution in [-0.2, 0) is 11.2 Å². The van der Waals surface area contributed by atoms with Crippen LogP contribution in [-0.4, -0.2) is 45.7 Å². The van der Waals surface area contributed by atoms with Crippen LogP contribution in [0.3, 0.4) is 0 Å². The molecule has 1 saturated heterocycles. The van der Waals surface area contributed by atoms with Gasteiger partial charge in [-0.15, -0.1) is 11.8 Å². The molecule has 112 valence electrons. The highest BCUT2D eigenvalue weighted by Gasteiger charge is 2.43. The molecule has 2 heterocycles. The number of carbonyl (C=O) groups is 2. The second-order valence-electron chi connectivity index (χ2n) is 5.27. The second-order valence-corrected chi connectivity index (χ2v) is 6.48. The van der Waals surface area contributed by atoms with Crippen LogP contribution >= 0.6 is 11.8 Å². The van der Waals surface area contributed by atoms with Crippen molar-refractivity contribution in [2.24, 2.45) is 0 Å². The fraction of sp³-hybridized carbons (Fsp3) is 0.467. The molecule has 0 radical (unpaired) electrons. The summed E-state index contributed by atoms with van der Waals surface area (Å²) in [5, 5.41) is 9.31. The Hall–Kier alpha value is -1.69. The molecule has 2 amide bonds. The number of anilines is 1. The number of carboxylic acid groups (broad SMARTS) is 1. The Morgan fingerprint density at radius 2 is 2.14 bits per heavy atom. The number of carbonyl (C=O) groups excluding carboxylic acids is 1. The maximum absolute atomic E-state index is 12.9. The van der Waals surface area contributed by atoms with Gasteiger partial charge in [-0.25, -0.2) is 9.59 Å². The zero-order valence-corrected chi connectivity index (χ0v) is 12.7. The molecule has 2 unspecified atom stereocenters. The van der Waals surface area contributed by atoms with E-state index in [1.807, 2.05) is 31.2 Å². The first kappa shape index (κ1) is 14.3. The van der Waals surface area contributed by atoms with Crippen LogP contribution in [0.25, 0.3) is 0 Å². The molecule has 1 N–H and O–H groups in total. The smallest absolute Gasteiger partial charge is 0.327 e. The number of para-hydroxylation sites is 1. The summed E-state index contributed by atoms with van der Waals surface area (Å²) in [6.07, 6.45) is 1.59. The van der Waals surface area contributed by atoms with E-state index in [4.69, 9.17) is 0 Å². The van der Waals surface area contributed by atoms with Crippen molar-refractivity contribution < 1.29 is 14.7 Å². The Balaban J connectivity index is 1.89. The summed E-state index contributed by atoms with van der Waals surface area (Å²) in [6, 6.07) is 6.93. The van der Waals surface area contributed by atoms with E-state index >= 15 is 0 Å². The molecule has 1 aromatic rings. The van der Waals surface area contributed by atoms with Gasteiger partial charge in [0.25, 0.3) is 0 Å². The van der Waals surface area contributed by atoms with E-state index in [1.54, 1.807) is 21.6 Å². The minimum Gasteiger partial charge on any atom is -0.480 e. The third kappa shape index (κ3) is 2.37. The first-order chi connectivity index (χ1) is 10.1. The van der Waals surface area contributed by atoms with Gasteiger partial charge in [0.1, 0.15) is 6.04 Å². The molecule has 2 aliphatic heterocycles. The van der Waals surface area contributed by atoms with E-state index in [0.717, 1.165) is 24.1 Å². The molecule has 1 aromatic carbocycles. The van der Waals surface area contributed by atoms with Gasteiger partial charge in [0, 0.05) is 18.0 Å². The summed E-state index contributed by atoms with van der Waals surface area (Å²) in [7, 11) is 0. The van der Waals surface area contributed by atoms with Crippen LogP contribution in [0.5, 0.6) is 0 Å². The lowest BCUT2D eigenvalue weighted by atomic mass is 10.2. The van der Waals surface area contributed by atoms with Crippen molar-refractivity contribution in [2.75, 3.05) is 17.2 Å². The van der Waals surface area contributed by atoms with Gasteiger partial charge in [0.2, 0.25) is 0 Å². The van der Waals surface area contributed by atoms with Gasteiger partial charge in [-0.1, -0.05) is 25.1 Å². The predicted octanol–water partition coefficient (Wildman–Crippen LogP) is 2.41. The topological polar surface area (TPSA) is 60.9 Å². The van der Waals surface area contributed by atoms with Crippen LogP contribution in [0, 0.1) is 0 Å². The fourth-order valence-corrected chi connectivity index (χ4v) is 4.34. The molecule has 2 atom stereocenters. The highest BCUT2D eigenvalue weighted by molar-refractivity contribution is 8.00. The molecular formula is C15H18N2O3S. The number of aliphatic carboxylic acids is 1. The normalized spacial score (nSPS) is 24.2.